The van der Waals surface area contributed by atoms with Crippen LogP contribution in [0.4, 0.5) is 0 Å². The van der Waals surface area contributed by atoms with Crippen LogP contribution in [-0.2, 0) is 9.59 Å². The predicted molar refractivity (Wildman–Crippen MR) is 82.4 cm³/mol. The highest BCUT2D eigenvalue weighted by Crippen LogP contribution is 2.38. The maximum absolute atomic E-state index is 12.8. The Morgan fingerprint density at radius 2 is 1.08 bits per heavy atom. The lowest BCUT2D eigenvalue weighted by Gasteiger charge is -2.21. The van der Waals surface area contributed by atoms with Crippen LogP contribution in [0.2, 0.25) is 0 Å². The van der Waals surface area contributed by atoms with Gasteiger partial charge in [-0.25, -0.2) is 0 Å². The van der Waals surface area contributed by atoms with E-state index in [0.717, 1.165) is 0 Å². The van der Waals surface area contributed by atoms with Gasteiger partial charge in [0.15, 0.2) is 11.6 Å². The van der Waals surface area contributed by atoms with Crippen LogP contribution in [-0.4, -0.2) is 23.5 Å². The first kappa shape index (κ1) is 15.6. The number of ketones is 2. The summed E-state index contributed by atoms with van der Waals surface area (Å²) in [6, 6.07) is 8.98. The molecule has 0 aromatic heterocycles. The maximum Gasteiger partial charge on any atom is 0.308 e. The molecule has 0 heterocycles. The largest absolute Gasteiger partial charge is 0.426 e. The van der Waals surface area contributed by atoms with Crippen LogP contribution < -0.4 is 9.47 Å². The zero-order chi connectivity index (χ0) is 17.4. The highest BCUT2D eigenvalue weighted by Gasteiger charge is 2.35. The van der Waals surface area contributed by atoms with E-state index in [1.165, 1.54) is 38.1 Å². The monoisotopic (exact) mass is 324 g/mol. The summed E-state index contributed by atoms with van der Waals surface area (Å²) in [4.78, 5) is 48.2. The lowest BCUT2D eigenvalue weighted by Crippen LogP contribution is -2.24. The highest BCUT2D eigenvalue weighted by molar-refractivity contribution is 6.30. The van der Waals surface area contributed by atoms with Gasteiger partial charge in [0.1, 0.15) is 11.5 Å². The van der Waals surface area contributed by atoms with E-state index in [9.17, 15) is 19.2 Å². The Bertz CT molecular complexity index is 836. The third-order valence-corrected chi connectivity index (χ3v) is 3.51. The topological polar surface area (TPSA) is 86.7 Å². The Morgan fingerprint density at radius 3 is 1.42 bits per heavy atom. The summed E-state index contributed by atoms with van der Waals surface area (Å²) >= 11 is 0. The van der Waals surface area contributed by atoms with Gasteiger partial charge in [-0.15, -0.1) is 0 Å². The molecule has 1 aliphatic rings. The van der Waals surface area contributed by atoms with E-state index in [1.807, 2.05) is 0 Å². The molecule has 0 aliphatic heterocycles. The van der Waals surface area contributed by atoms with Gasteiger partial charge in [-0.2, -0.15) is 0 Å². The molecule has 0 amide bonds. The SMILES string of the molecule is CC(=O)Oc1ccc(OC(C)=O)c2c1C(=O)c1ccccc1C2=O. The van der Waals surface area contributed by atoms with Gasteiger partial charge in [0.2, 0.25) is 0 Å². The van der Waals surface area contributed by atoms with E-state index in [1.54, 1.807) is 12.1 Å². The Labute approximate surface area is 137 Å². The fourth-order valence-electron chi connectivity index (χ4n) is 2.64. The van der Waals surface area contributed by atoms with Crippen molar-refractivity contribution in [3.63, 3.8) is 0 Å². The fourth-order valence-corrected chi connectivity index (χ4v) is 2.64. The molecule has 0 unspecified atom stereocenters. The zero-order valence-electron chi connectivity index (χ0n) is 12.9. The first-order valence-corrected chi connectivity index (χ1v) is 7.12. The van der Waals surface area contributed by atoms with Crippen LogP contribution in [0.1, 0.15) is 45.7 Å². The van der Waals surface area contributed by atoms with Gasteiger partial charge < -0.3 is 9.47 Å². The second kappa shape index (κ2) is 5.73. The van der Waals surface area contributed by atoms with Crippen LogP contribution in [0.3, 0.4) is 0 Å². The van der Waals surface area contributed by atoms with Crippen molar-refractivity contribution < 1.29 is 28.7 Å². The zero-order valence-corrected chi connectivity index (χ0v) is 12.9. The Balaban J connectivity index is 2.30. The van der Waals surface area contributed by atoms with Crippen molar-refractivity contribution in [1.29, 1.82) is 0 Å². The predicted octanol–water partition coefficient (Wildman–Crippen LogP) is 2.31. The van der Waals surface area contributed by atoms with Crippen molar-refractivity contribution in [2.24, 2.45) is 0 Å². The van der Waals surface area contributed by atoms with Crippen molar-refractivity contribution in [2.75, 3.05) is 0 Å². The standard InChI is InChI=1S/C18H12O6/c1-9(19)23-13-7-8-14(24-10(2)20)16-15(13)17(21)11-5-3-4-6-12(11)18(16)22/h3-8H,1-2H3. The minimum Gasteiger partial charge on any atom is -0.426 e. The molecule has 2 aromatic carbocycles. The van der Waals surface area contributed by atoms with Crippen molar-refractivity contribution in [1.82, 2.24) is 0 Å². The van der Waals surface area contributed by atoms with Gasteiger partial charge >= 0.3 is 11.9 Å². The smallest absolute Gasteiger partial charge is 0.308 e. The van der Waals surface area contributed by atoms with E-state index >= 15 is 0 Å². The van der Waals surface area contributed by atoms with Gasteiger partial charge in [-0.05, 0) is 12.1 Å². The molecular weight excluding hydrogens is 312 g/mol. The molecule has 0 fully saturated rings. The quantitative estimate of drug-likeness (QED) is 0.531. The molecule has 2 aromatic rings. The number of carbonyl (C=O) groups is 4. The highest BCUT2D eigenvalue weighted by atomic mass is 16.5. The van der Waals surface area contributed by atoms with Crippen molar-refractivity contribution in [2.45, 2.75) is 13.8 Å². The lowest BCUT2D eigenvalue weighted by molar-refractivity contribution is -0.133. The van der Waals surface area contributed by atoms with Crippen molar-refractivity contribution in [3.05, 3.63) is 58.7 Å². The van der Waals surface area contributed by atoms with Crippen LogP contribution >= 0.6 is 0 Å². The second-order valence-corrected chi connectivity index (χ2v) is 5.20. The first-order chi connectivity index (χ1) is 11.4. The number of carbonyl (C=O) groups excluding carboxylic acids is 4. The normalized spacial score (nSPS) is 12.2. The van der Waals surface area contributed by atoms with Crippen molar-refractivity contribution >= 4 is 23.5 Å². The summed E-state index contributed by atoms with van der Waals surface area (Å²) in [7, 11) is 0. The molecule has 0 N–H and O–H groups in total. The molecule has 1 aliphatic carbocycles. The fraction of sp³-hybridized carbons (Fsp3) is 0.111. The Kier molecular flexibility index (Phi) is 3.73. The minimum absolute atomic E-state index is 0.0405. The van der Waals surface area contributed by atoms with E-state index in [4.69, 9.17) is 9.47 Å². The minimum atomic E-state index is -0.628. The third kappa shape index (κ3) is 2.48. The number of benzene rings is 2. The van der Waals surface area contributed by atoms with Gasteiger partial charge in [-0.1, -0.05) is 24.3 Å². The average Bonchev–Trinajstić information content (AvgIpc) is 2.53. The number of ether oxygens (including phenoxy) is 2. The summed E-state index contributed by atoms with van der Waals surface area (Å²) < 4.78 is 10.1. The first-order valence-electron chi connectivity index (χ1n) is 7.12. The second-order valence-electron chi connectivity index (χ2n) is 5.20. The molecule has 6 nitrogen and oxygen atoms in total. The molecule has 120 valence electrons. The molecule has 0 saturated heterocycles. The molecule has 0 spiro atoms. The summed E-state index contributed by atoms with van der Waals surface area (Å²) in [5.41, 5.74) is 0.270. The average molecular weight is 324 g/mol. The molecule has 0 saturated carbocycles. The van der Waals surface area contributed by atoms with E-state index in [-0.39, 0.29) is 33.8 Å². The summed E-state index contributed by atoms with van der Waals surface area (Å²) in [5.74, 6) is -2.27. The van der Waals surface area contributed by atoms with Gasteiger partial charge in [0, 0.05) is 25.0 Å². The van der Waals surface area contributed by atoms with Crippen LogP contribution in [0, 0.1) is 0 Å². The third-order valence-electron chi connectivity index (χ3n) is 3.51. The van der Waals surface area contributed by atoms with Crippen LogP contribution in [0.15, 0.2) is 36.4 Å². The van der Waals surface area contributed by atoms with Gasteiger partial charge in [0.05, 0.1) is 11.1 Å². The molecule has 0 atom stereocenters. The van der Waals surface area contributed by atoms with E-state index < -0.39 is 23.5 Å². The number of rotatable bonds is 2. The molecule has 0 radical (unpaired) electrons. The molecule has 6 heteroatoms. The van der Waals surface area contributed by atoms with E-state index in [2.05, 4.69) is 0 Å². The van der Waals surface area contributed by atoms with Gasteiger partial charge in [0.25, 0.3) is 0 Å². The number of hydrogen-bond donors (Lipinski definition) is 0. The Morgan fingerprint density at radius 1 is 0.708 bits per heavy atom. The summed E-state index contributed by atoms with van der Waals surface area (Å²) in [6.45, 7) is 2.38. The van der Waals surface area contributed by atoms with Crippen LogP contribution in [0.5, 0.6) is 11.5 Å². The van der Waals surface area contributed by atoms with Gasteiger partial charge in [-0.3, -0.25) is 19.2 Å². The molecule has 24 heavy (non-hydrogen) atoms. The Hall–Kier alpha value is -3.28. The number of esters is 2. The summed E-state index contributed by atoms with van der Waals surface area (Å²) in [6.07, 6.45) is 0. The van der Waals surface area contributed by atoms with Crippen molar-refractivity contribution in [3.8, 4) is 11.5 Å². The lowest BCUT2D eigenvalue weighted by atomic mass is 9.83. The van der Waals surface area contributed by atoms with E-state index in [0.29, 0.717) is 0 Å². The summed E-state index contributed by atoms with van der Waals surface area (Å²) in [5, 5.41) is 0. The number of hydrogen-bond acceptors (Lipinski definition) is 6. The maximum atomic E-state index is 12.8. The molecular formula is C18H12O6. The molecule has 0 bridgehead atoms. The number of fused-ring (bicyclic) bond motifs is 2. The van der Waals surface area contributed by atoms with Crippen LogP contribution in [0.25, 0.3) is 0 Å². The molecule has 3 rings (SSSR count).